The molecule has 0 saturated heterocycles. The van der Waals surface area contributed by atoms with E-state index in [-0.39, 0.29) is 23.6 Å². The predicted molar refractivity (Wildman–Crippen MR) is 54.7 cm³/mol. The maximum atomic E-state index is 12.6. The van der Waals surface area contributed by atoms with Gasteiger partial charge in [-0.2, -0.15) is 13.2 Å². The van der Waals surface area contributed by atoms with Crippen molar-refractivity contribution in [2.24, 2.45) is 0 Å². The molecule has 0 unspecified atom stereocenters. The lowest BCUT2D eigenvalue weighted by atomic mass is 10.2. The summed E-state index contributed by atoms with van der Waals surface area (Å²) in [7, 11) is 0. The molecule has 3 nitrogen and oxygen atoms in total. The fraction of sp³-hybridized carbons (Fsp3) is 0.400. The van der Waals surface area contributed by atoms with Crippen LogP contribution >= 0.6 is 11.6 Å². The van der Waals surface area contributed by atoms with E-state index in [1.165, 1.54) is 12.1 Å². The normalized spacial score (nSPS) is 17.6. The van der Waals surface area contributed by atoms with Gasteiger partial charge in [-0.1, -0.05) is 11.6 Å². The second kappa shape index (κ2) is 3.87. The van der Waals surface area contributed by atoms with Crippen molar-refractivity contribution >= 4 is 17.5 Å². The van der Waals surface area contributed by atoms with Crippen LogP contribution < -0.4 is 5.32 Å². The smallest absolute Gasteiger partial charge is 0.338 e. The average molecular weight is 265 g/mol. The third-order valence-electron chi connectivity index (χ3n) is 2.64. The van der Waals surface area contributed by atoms with E-state index in [4.69, 9.17) is 11.6 Å². The summed E-state index contributed by atoms with van der Waals surface area (Å²) in [6.07, 6.45) is -3.43. The molecule has 1 aliphatic rings. The molecule has 0 atom stereocenters. The molecule has 7 heteroatoms. The molecule has 1 aromatic rings. The van der Waals surface area contributed by atoms with Gasteiger partial charge in [0.1, 0.15) is 10.7 Å². The van der Waals surface area contributed by atoms with E-state index in [1.807, 2.05) is 5.32 Å². The fourth-order valence-corrected chi connectivity index (χ4v) is 1.52. The summed E-state index contributed by atoms with van der Waals surface area (Å²) in [5.41, 5.74) is -1.99. The summed E-state index contributed by atoms with van der Waals surface area (Å²) in [6.45, 7) is 0. The zero-order valence-electron chi connectivity index (χ0n) is 8.51. The summed E-state index contributed by atoms with van der Waals surface area (Å²) in [5.74, 6) is -0.788. The maximum absolute atomic E-state index is 12.6. The summed E-state index contributed by atoms with van der Waals surface area (Å²) in [5, 5.41) is 2.18. The highest BCUT2D eigenvalue weighted by Gasteiger charge is 2.64. The van der Waals surface area contributed by atoms with Crippen molar-refractivity contribution in [3.63, 3.8) is 0 Å². The van der Waals surface area contributed by atoms with Gasteiger partial charge in [0.15, 0.2) is 0 Å². The minimum atomic E-state index is -4.41. The molecule has 0 bridgehead atoms. The van der Waals surface area contributed by atoms with Crippen LogP contribution in [-0.2, 0) is 0 Å². The summed E-state index contributed by atoms with van der Waals surface area (Å²) < 4.78 is 37.8. The first kappa shape index (κ1) is 12.2. The molecule has 0 spiro atoms. The Hall–Kier alpha value is -1.30. The zero-order valence-corrected chi connectivity index (χ0v) is 9.27. The van der Waals surface area contributed by atoms with Crippen LogP contribution in [0.5, 0.6) is 0 Å². The minimum Gasteiger partial charge on any atom is -0.338 e. The number of alkyl halides is 3. The van der Waals surface area contributed by atoms with Gasteiger partial charge >= 0.3 is 6.18 Å². The van der Waals surface area contributed by atoms with Crippen LogP contribution in [0.2, 0.25) is 5.15 Å². The second-order valence-corrected chi connectivity index (χ2v) is 4.29. The Morgan fingerprint density at radius 1 is 1.41 bits per heavy atom. The fourth-order valence-electron chi connectivity index (χ4n) is 1.40. The third-order valence-corrected chi connectivity index (χ3v) is 2.86. The average Bonchev–Trinajstić information content (AvgIpc) is 2.98. The van der Waals surface area contributed by atoms with E-state index in [0.29, 0.717) is 0 Å². The van der Waals surface area contributed by atoms with Crippen LogP contribution in [-0.4, -0.2) is 22.6 Å². The molecule has 1 aliphatic carbocycles. The molecule has 1 amide bonds. The van der Waals surface area contributed by atoms with Crippen LogP contribution in [0.3, 0.4) is 0 Å². The number of halogens is 4. The number of amides is 1. The summed E-state index contributed by atoms with van der Waals surface area (Å²) >= 11 is 5.51. The predicted octanol–water partition coefficient (Wildman–Crippen LogP) is 2.56. The highest BCUT2D eigenvalue weighted by atomic mass is 35.5. The number of carbonyl (C=O) groups excluding carboxylic acids is 1. The Kier molecular flexibility index (Phi) is 2.77. The first-order valence-electron chi connectivity index (χ1n) is 4.85. The summed E-state index contributed by atoms with van der Waals surface area (Å²) in [6, 6.07) is 2.68. The number of rotatable bonds is 2. The lowest BCUT2D eigenvalue weighted by Gasteiger charge is -2.20. The Morgan fingerprint density at radius 3 is 2.47 bits per heavy atom. The van der Waals surface area contributed by atoms with Crippen LogP contribution in [0, 0.1) is 0 Å². The lowest BCUT2D eigenvalue weighted by molar-refractivity contribution is -0.163. The zero-order chi connectivity index (χ0) is 12.7. The standard InChI is InChI=1S/C10H8ClF3N2O/c11-7-2-1-6(5-15-7)8(17)16-9(3-4-9)10(12,13)14/h1-2,5H,3-4H2,(H,16,17). The van der Waals surface area contributed by atoms with Crippen molar-refractivity contribution in [1.82, 2.24) is 10.3 Å². The highest BCUT2D eigenvalue weighted by molar-refractivity contribution is 6.29. The molecular weight excluding hydrogens is 257 g/mol. The SMILES string of the molecule is O=C(NC1(C(F)(F)F)CC1)c1ccc(Cl)nc1. The molecule has 17 heavy (non-hydrogen) atoms. The van der Waals surface area contributed by atoms with Crippen molar-refractivity contribution < 1.29 is 18.0 Å². The van der Waals surface area contributed by atoms with Gasteiger partial charge in [0, 0.05) is 6.20 Å². The number of pyridine rings is 1. The van der Waals surface area contributed by atoms with Crippen LogP contribution in [0.1, 0.15) is 23.2 Å². The Bertz CT molecular complexity index is 440. The number of nitrogens with one attached hydrogen (secondary N) is 1. The van der Waals surface area contributed by atoms with E-state index in [1.54, 1.807) is 0 Å². The molecule has 0 aromatic carbocycles. The van der Waals surface area contributed by atoms with Gasteiger partial charge in [-0.05, 0) is 25.0 Å². The number of hydrogen-bond donors (Lipinski definition) is 1. The van der Waals surface area contributed by atoms with Gasteiger partial charge in [-0.3, -0.25) is 4.79 Å². The van der Waals surface area contributed by atoms with Crippen LogP contribution in [0.4, 0.5) is 13.2 Å². The number of aromatic nitrogens is 1. The van der Waals surface area contributed by atoms with Crippen molar-refractivity contribution in [2.45, 2.75) is 24.6 Å². The number of nitrogens with zero attached hydrogens (tertiary/aromatic N) is 1. The van der Waals surface area contributed by atoms with Crippen LogP contribution in [0.15, 0.2) is 18.3 Å². The van der Waals surface area contributed by atoms with Gasteiger partial charge in [-0.25, -0.2) is 4.98 Å². The molecule has 1 aromatic heterocycles. The lowest BCUT2D eigenvalue weighted by Crippen LogP contribution is -2.47. The second-order valence-electron chi connectivity index (χ2n) is 3.90. The van der Waals surface area contributed by atoms with Crippen molar-refractivity contribution in [2.75, 3.05) is 0 Å². The van der Waals surface area contributed by atoms with Gasteiger partial charge in [-0.15, -0.1) is 0 Å². The quantitative estimate of drug-likeness (QED) is 0.834. The monoisotopic (exact) mass is 264 g/mol. The molecule has 92 valence electrons. The maximum Gasteiger partial charge on any atom is 0.411 e. The molecule has 1 heterocycles. The first-order chi connectivity index (χ1) is 7.84. The molecule has 0 aliphatic heterocycles. The molecular formula is C10H8ClF3N2O. The van der Waals surface area contributed by atoms with Crippen molar-refractivity contribution in [1.29, 1.82) is 0 Å². The van der Waals surface area contributed by atoms with Crippen molar-refractivity contribution in [3.8, 4) is 0 Å². The van der Waals surface area contributed by atoms with E-state index in [9.17, 15) is 18.0 Å². The molecule has 2 rings (SSSR count). The van der Waals surface area contributed by atoms with Gasteiger partial charge in [0.05, 0.1) is 5.56 Å². The molecule has 0 radical (unpaired) electrons. The van der Waals surface area contributed by atoms with Gasteiger partial charge in [0.25, 0.3) is 5.91 Å². The van der Waals surface area contributed by atoms with Crippen LogP contribution in [0.25, 0.3) is 0 Å². The highest BCUT2D eigenvalue weighted by Crippen LogP contribution is 2.49. The number of carbonyl (C=O) groups is 1. The molecule has 1 fully saturated rings. The van der Waals surface area contributed by atoms with Gasteiger partial charge < -0.3 is 5.32 Å². The van der Waals surface area contributed by atoms with E-state index < -0.39 is 17.6 Å². The topological polar surface area (TPSA) is 42.0 Å². The molecule has 1 N–H and O–H groups in total. The van der Waals surface area contributed by atoms with E-state index in [2.05, 4.69) is 4.98 Å². The van der Waals surface area contributed by atoms with E-state index in [0.717, 1.165) is 6.20 Å². The number of hydrogen-bond acceptors (Lipinski definition) is 2. The largest absolute Gasteiger partial charge is 0.411 e. The Morgan fingerprint density at radius 2 is 2.06 bits per heavy atom. The minimum absolute atomic E-state index is 0.0601. The molecule has 1 saturated carbocycles. The third kappa shape index (κ3) is 2.36. The van der Waals surface area contributed by atoms with Gasteiger partial charge in [0.2, 0.25) is 0 Å². The summed E-state index contributed by atoms with van der Waals surface area (Å²) in [4.78, 5) is 15.2. The first-order valence-corrected chi connectivity index (χ1v) is 5.23. The van der Waals surface area contributed by atoms with Crippen molar-refractivity contribution in [3.05, 3.63) is 29.0 Å². The van der Waals surface area contributed by atoms with E-state index >= 15 is 0 Å². The Labute approximate surface area is 100.0 Å². The Balaban J connectivity index is 2.10.